The molecule has 0 spiro atoms. The first kappa shape index (κ1) is 12.3. The van der Waals surface area contributed by atoms with Crippen molar-refractivity contribution in [2.45, 2.75) is 13.8 Å². The number of aromatic nitrogens is 1. The van der Waals surface area contributed by atoms with Gasteiger partial charge in [0.2, 0.25) is 5.88 Å². The van der Waals surface area contributed by atoms with Crippen LogP contribution >= 0.6 is 0 Å². The first-order valence-electron chi connectivity index (χ1n) is 5.17. The van der Waals surface area contributed by atoms with Crippen LogP contribution in [0, 0.1) is 5.92 Å². The zero-order valence-electron chi connectivity index (χ0n) is 9.78. The molecule has 1 aromatic rings. The van der Waals surface area contributed by atoms with Gasteiger partial charge in [-0.2, -0.15) is 0 Å². The van der Waals surface area contributed by atoms with Crippen LogP contribution in [0.3, 0.4) is 0 Å². The first-order valence-corrected chi connectivity index (χ1v) is 5.17. The van der Waals surface area contributed by atoms with Crippen LogP contribution < -0.4 is 15.4 Å². The molecule has 1 rings (SSSR count). The zero-order valence-corrected chi connectivity index (χ0v) is 9.78. The lowest BCUT2D eigenvalue weighted by molar-refractivity contribution is 0.250. The molecule has 0 aliphatic carbocycles. The summed E-state index contributed by atoms with van der Waals surface area (Å²) in [6.07, 6.45) is 1.61. The lowest BCUT2D eigenvalue weighted by Crippen LogP contribution is -2.31. The minimum Gasteiger partial charge on any atom is -0.480 e. The third kappa shape index (κ3) is 3.76. The Morgan fingerprint density at radius 2 is 2.31 bits per heavy atom. The van der Waals surface area contributed by atoms with E-state index in [1.54, 1.807) is 18.3 Å². The average Bonchev–Trinajstić information content (AvgIpc) is 2.27. The number of rotatable bonds is 4. The van der Waals surface area contributed by atoms with Crippen molar-refractivity contribution in [3.8, 4) is 5.88 Å². The van der Waals surface area contributed by atoms with Gasteiger partial charge in [-0.1, -0.05) is 13.8 Å². The van der Waals surface area contributed by atoms with Gasteiger partial charge in [-0.25, -0.2) is 9.78 Å². The van der Waals surface area contributed by atoms with Crippen molar-refractivity contribution in [2.75, 3.05) is 19.0 Å². The molecule has 16 heavy (non-hydrogen) atoms. The standard InChI is InChI=1S/C11H17N3O2/c1-8(2)7-13-11(15)14-9-5-4-6-12-10(9)16-3/h4-6,8H,7H2,1-3H3,(H2,13,14,15). The van der Waals surface area contributed by atoms with Gasteiger partial charge in [0.1, 0.15) is 5.69 Å². The normalized spacial score (nSPS) is 10.0. The summed E-state index contributed by atoms with van der Waals surface area (Å²) in [5.41, 5.74) is 0.561. The van der Waals surface area contributed by atoms with Crippen LogP contribution in [0.1, 0.15) is 13.8 Å². The van der Waals surface area contributed by atoms with E-state index in [2.05, 4.69) is 15.6 Å². The third-order valence-electron chi connectivity index (χ3n) is 1.88. The number of hydrogen-bond acceptors (Lipinski definition) is 3. The number of methoxy groups -OCH3 is 1. The van der Waals surface area contributed by atoms with Gasteiger partial charge in [0.25, 0.3) is 0 Å². The van der Waals surface area contributed by atoms with Gasteiger partial charge in [0.05, 0.1) is 7.11 Å². The topological polar surface area (TPSA) is 63.2 Å². The van der Waals surface area contributed by atoms with E-state index in [0.29, 0.717) is 24.0 Å². The van der Waals surface area contributed by atoms with Gasteiger partial charge in [-0.05, 0) is 18.1 Å². The molecule has 0 saturated heterocycles. The van der Waals surface area contributed by atoms with E-state index in [1.165, 1.54) is 7.11 Å². The number of hydrogen-bond donors (Lipinski definition) is 2. The Kier molecular flexibility index (Phi) is 4.57. The van der Waals surface area contributed by atoms with Crippen LogP contribution in [-0.2, 0) is 0 Å². The van der Waals surface area contributed by atoms with E-state index < -0.39 is 0 Å². The molecule has 5 heteroatoms. The second kappa shape index (κ2) is 5.95. The number of ether oxygens (including phenoxy) is 1. The number of carbonyl (C=O) groups excluding carboxylic acids is 1. The van der Waals surface area contributed by atoms with Gasteiger partial charge >= 0.3 is 6.03 Å². The number of urea groups is 1. The molecule has 0 aliphatic rings. The summed E-state index contributed by atoms with van der Waals surface area (Å²) in [6, 6.07) is 3.22. The van der Waals surface area contributed by atoms with Gasteiger partial charge < -0.3 is 15.4 Å². The molecule has 1 heterocycles. The van der Waals surface area contributed by atoms with Crippen LogP contribution in [0.2, 0.25) is 0 Å². The molecule has 88 valence electrons. The minimum atomic E-state index is -0.250. The maximum Gasteiger partial charge on any atom is 0.319 e. The molecular formula is C11H17N3O2. The second-order valence-electron chi connectivity index (χ2n) is 3.79. The Labute approximate surface area is 95.2 Å². The Morgan fingerprint density at radius 1 is 1.56 bits per heavy atom. The molecular weight excluding hydrogens is 206 g/mol. The van der Waals surface area contributed by atoms with Crippen molar-refractivity contribution in [2.24, 2.45) is 5.92 Å². The van der Waals surface area contributed by atoms with Crippen LogP contribution in [0.25, 0.3) is 0 Å². The Morgan fingerprint density at radius 3 is 2.94 bits per heavy atom. The Bertz CT molecular complexity index is 353. The van der Waals surface area contributed by atoms with Crippen molar-refractivity contribution in [3.05, 3.63) is 18.3 Å². The molecule has 0 aromatic carbocycles. The highest BCUT2D eigenvalue weighted by molar-refractivity contribution is 5.90. The number of nitrogens with one attached hydrogen (secondary N) is 2. The minimum absolute atomic E-state index is 0.250. The summed E-state index contributed by atoms with van der Waals surface area (Å²) < 4.78 is 5.02. The molecule has 5 nitrogen and oxygen atoms in total. The molecule has 0 saturated carbocycles. The zero-order chi connectivity index (χ0) is 12.0. The summed E-state index contributed by atoms with van der Waals surface area (Å²) in [6.45, 7) is 4.70. The van der Waals surface area contributed by atoms with Crippen molar-refractivity contribution in [1.82, 2.24) is 10.3 Å². The fourth-order valence-corrected chi connectivity index (χ4v) is 1.11. The van der Waals surface area contributed by atoms with Crippen LogP contribution in [0.15, 0.2) is 18.3 Å². The van der Waals surface area contributed by atoms with E-state index >= 15 is 0 Å². The van der Waals surface area contributed by atoms with Crippen LogP contribution in [0.4, 0.5) is 10.5 Å². The SMILES string of the molecule is COc1ncccc1NC(=O)NCC(C)C. The van der Waals surface area contributed by atoms with Crippen LogP contribution in [0.5, 0.6) is 5.88 Å². The fourth-order valence-electron chi connectivity index (χ4n) is 1.11. The monoisotopic (exact) mass is 223 g/mol. The number of anilines is 1. The second-order valence-corrected chi connectivity index (χ2v) is 3.79. The summed E-state index contributed by atoms with van der Waals surface area (Å²) in [5.74, 6) is 0.823. The third-order valence-corrected chi connectivity index (χ3v) is 1.88. The Balaban J connectivity index is 2.55. The van der Waals surface area contributed by atoms with E-state index in [4.69, 9.17) is 4.74 Å². The molecule has 0 unspecified atom stereocenters. The van der Waals surface area contributed by atoms with Crippen molar-refractivity contribution in [1.29, 1.82) is 0 Å². The Hall–Kier alpha value is -1.78. The molecule has 2 amide bonds. The van der Waals surface area contributed by atoms with E-state index in [1.807, 2.05) is 13.8 Å². The number of nitrogens with zero attached hydrogens (tertiary/aromatic N) is 1. The average molecular weight is 223 g/mol. The smallest absolute Gasteiger partial charge is 0.319 e. The van der Waals surface area contributed by atoms with Crippen molar-refractivity contribution < 1.29 is 9.53 Å². The predicted molar refractivity (Wildman–Crippen MR) is 62.6 cm³/mol. The van der Waals surface area contributed by atoms with Gasteiger partial charge in [0, 0.05) is 12.7 Å². The highest BCUT2D eigenvalue weighted by atomic mass is 16.5. The molecule has 0 fully saturated rings. The lowest BCUT2D eigenvalue weighted by atomic mass is 10.2. The maximum atomic E-state index is 11.5. The van der Waals surface area contributed by atoms with Gasteiger partial charge in [0.15, 0.2) is 0 Å². The first-order chi connectivity index (χ1) is 7.63. The highest BCUT2D eigenvalue weighted by Crippen LogP contribution is 2.19. The van der Waals surface area contributed by atoms with Crippen molar-refractivity contribution in [3.63, 3.8) is 0 Å². The van der Waals surface area contributed by atoms with Crippen molar-refractivity contribution >= 4 is 11.7 Å². The van der Waals surface area contributed by atoms with E-state index in [-0.39, 0.29) is 6.03 Å². The predicted octanol–water partition coefficient (Wildman–Crippen LogP) is 1.87. The summed E-state index contributed by atoms with van der Waals surface area (Å²) in [4.78, 5) is 15.5. The fraction of sp³-hybridized carbons (Fsp3) is 0.455. The largest absolute Gasteiger partial charge is 0.480 e. The molecule has 0 atom stereocenters. The molecule has 0 radical (unpaired) electrons. The number of carbonyl (C=O) groups is 1. The maximum absolute atomic E-state index is 11.5. The van der Waals surface area contributed by atoms with E-state index in [0.717, 1.165) is 0 Å². The summed E-state index contributed by atoms with van der Waals surface area (Å²) in [7, 11) is 1.51. The quantitative estimate of drug-likeness (QED) is 0.819. The van der Waals surface area contributed by atoms with Gasteiger partial charge in [-0.15, -0.1) is 0 Å². The highest BCUT2D eigenvalue weighted by Gasteiger charge is 2.07. The molecule has 0 bridgehead atoms. The van der Waals surface area contributed by atoms with Crippen LogP contribution in [-0.4, -0.2) is 24.7 Å². The molecule has 2 N–H and O–H groups in total. The summed E-state index contributed by atoms with van der Waals surface area (Å²) >= 11 is 0. The van der Waals surface area contributed by atoms with E-state index in [9.17, 15) is 4.79 Å². The number of pyridine rings is 1. The molecule has 0 aliphatic heterocycles. The lowest BCUT2D eigenvalue weighted by Gasteiger charge is -2.11. The summed E-state index contributed by atoms with van der Waals surface area (Å²) in [5, 5.41) is 5.43. The van der Waals surface area contributed by atoms with Gasteiger partial charge in [-0.3, -0.25) is 0 Å². The molecule has 1 aromatic heterocycles. The number of amides is 2.